The van der Waals surface area contributed by atoms with E-state index in [9.17, 15) is 9.18 Å². The maximum atomic E-state index is 13.4. The van der Waals surface area contributed by atoms with Crippen molar-refractivity contribution in [3.63, 3.8) is 0 Å². The SMILES string of the molecule is Cc1ccc(C(=O)Nc2n[nH]c(-c3ccco3)n2)cc1F. The third-order valence-electron chi connectivity index (χ3n) is 2.90. The molecule has 21 heavy (non-hydrogen) atoms. The van der Waals surface area contributed by atoms with Crippen LogP contribution < -0.4 is 5.32 Å². The molecule has 2 heterocycles. The average Bonchev–Trinajstić information content (AvgIpc) is 3.12. The molecule has 2 aromatic heterocycles. The van der Waals surface area contributed by atoms with E-state index in [1.165, 1.54) is 24.5 Å². The van der Waals surface area contributed by atoms with E-state index in [4.69, 9.17) is 4.42 Å². The van der Waals surface area contributed by atoms with E-state index in [1.54, 1.807) is 19.1 Å². The van der Waals surface area contributed by atoms with Gasteiger partial charge in [0, 0.05) is 5.56 Å². The summed E-state index contributed by atoms with van der Waals surface area (Å²) in [5.41, 5.74) is 0.673. The van der Waals surface area contributed by atoms with Crippen molar-refractivity contribution in [2.45, 2.75) is 6.92 Å². The molecule has 7 heteroatoms. The van der Waals surface area contributed by atoms with Crippen molar-refractivity contribution >= 4 is 11.9 Å². The van der Waals surface area contributed by atoms with Gasteiger partial charge in [-0.1, -0.05) is 6.07 Å². The molecule has 0 bridgehead atoms. The van der Waals surface area contributed by atoms with Gasteiger partial charge < -0.3 is 4.42 Å². The first-order valence-electron chi connectivity index (χ1n) is 6.17. The fourth-order valence-corrected chi connectivity index (χ4v) is 1.75. The van der Waals surface area contributed by atoms with Crippen molar-refractivity contribution in [3.05, 3.63) is 53.5 Å². The topological polar surface area (TPSA) is 83.8 Å². The zero-order chi connectivity index (χ0) is 14.8. The van der Waals surface area contributed by atoms with Crippen LogP contribution in [-0.4, -0.2) is 21.1 Å². The van der Waals surface area contributed by atoms with Crippen molar-refractivity contribution in [2.24, 2.45) is 0 Å². The molecule has 0 unspecified atom stereocenters. The third kappa shape index (κ3) is 2.66. The van der Waals surface area contributed by atoms with Gasteiger partial charge in [0.1, 0.15) is 5.82 Å². The summed E-state index contributed by atoms with van der Waals surface area (Å²) in [7, 11) is 0. The second kappa shape index (κ2) is 5.20. The lowest BCUT2D eigenvalue weighted by atomic mass is 10.1. The molecular formula is C14H11FN4O2. The van der Waals surface area contributed by atoms with Crippen molar-refractivity contribution in [1.82, 2.24) is 15.2 Å². The first kappa shape index (κ1) is 13.0. The Morgan fingerprint density at radius 3 is 2.95 bits per heavy atom. The number of benzene rings is 1. The second-order valence-electron chi connectivity index (χ2n) is 4.40. The molecule has 0 saturated carbocycles. The fourth-order valence-electron chi connectivity index (χ4n) is 1.75. The minimum atomic E-state index is -0.487. The number of nitrogens with one attached hydrogen (secondary N) is 2. The van der Waals surface area contributed by atoms with Gasteiger partial charge in [0.05, 0.1) is 6.26 Å². The Labute approximate surface area is 119 Å². The van der Waals surface area contributed by atoms with Crippen LogP contribution in [0.25, 0.3) is 11.6 Å². The molecule has 0 fully saturated rings. The Balaban J connectivity index is 1.77. The summed E-state index contributed by atoms with van der Waals surface area (Å²) in [6.45, 7) is 1.63. The quantitative estimate of drug-likeness (QED) is 0.775. The van der Waals surface area contributed by atoms with E-state index in [1.807, 2.05) is 0 Å². The number of aryl methyl sites for hydroxylation is 1. The molecule has 0 aliphatic rings. The number of rotatable bonds is 3. The number of aromatic amines is 1. The molecule has 0 saturated heterocycles. The predicted molar refractivity (Wildman–Crippen MR) is 73.2 cm³/mol. The van der Waals surface area contributed by atoms with Crippen LogP contribution in [-0.2, 0) is 0 Å². The average molecular weight is 286 g/mol. The smallest absolute Gasteiger partial charge is 0.258 e. The monoisotopic (exact) mass is 286 g/mol. The molecule has 0 atom stereocenters. The number of hydrogen-bond donors (Lipinski definition) is 2. The summed E-state index contributed by atoms with van der Waals surface area (Å²) in [6, 6.07) is 7.67. The Bertz CT molecular complexity index is 780. The van der Waals surface area contributed by atoms with E-state index in [2.05, 4.69) is 20.5 Å². The second-order valence-corrected chi connectivity index (χ2v) is 4.40. The largest absolute Gasteiger partial charge is 0.461 e. The van der Waals surface area contributed by atoms with Gasteiger partial charge in [-0.2, -0.15) is 4.98 Å². The number of anilines is 1. The van der Waals surface area contributed by atoms with Crippen LogP contribution in [0.5, 0.6) is 0 Å². The highest BCUT2D eigenvalue weighted by Crippen LogP contribution is 2.16. The van der Waals surface area contributed by atoms with Crippen molar-refractivity contribution in [1.29, 1.82) is 0 Å². The third-order valence-corrected chi connectivity index (χ3v) is 2.90. The highest BCUT2D eigenvalue weighted by atomic mass is 19.1. The standard InChI is InChI=1S/C14H11FN4O2/c1-8-4-5-9(7-10(8)15)13(20)17-14-16-12(18-19-14)11-3-2-6-21-11/h2-7H,1H3,(H2,16,17,18,19,20). The number of carbonyl (C=O) groups excluding carboxylic acids is 1. The summed E-state index contributed by atoms with van der Waals surface area (Å²) in [5.74, 6) is 0.0648. The van der Waals surface area contributed by atoms with Crippen LogP contribution in [0.1, 0.15) is 15.9 Å². The molecule has 3 aromatic rings. The van der Waals surface area contributed by atoms with Gasteiger partial charge in [-0.3, -0.25) is 15.2 Å². The maximum absolute atomic E-state index is 13.4. The molecule has 0 spiro atoms. The Kier molecular flexibility index (Phi) is 3.23. The number of carbonyl (C=O) groups is 1. The predicted octanol–water partition coefficient (Wildman–Crippen LogP) is 2.76. The van der Waals surface area contributed by atoms with Gasteiger partial charge >= 0.3 is 0 Å². The van der Waals surface area contributed by atoms with Gasteiger partial charge in [0.25, 0.3) is 5.91 Å². The summed E-state index contributed by atoms with van der Waals surface area (Å²) in [5, 5.41) is 8.98. The van der Waals surface area contributed by atoms with Crippen molar-refractivity contribution in [2.75, 3.05) is 5.32 Å². The molecular weight excluding hydrogens is 275 g/mol. The van der Waals surface area contributed by atoms with Crippen molar-refractivity contribution in [3.8, 4) is 11.6 Å². The molecule has 0 aliphatic heterocycles. The molecule has 1 aromatic carbocycles. The number of aromatic nitrogens is 3. The zero-order valence-electron chi connectivity index (χ0n) is 11.1. The molecule has 2 N–H and O–H groups in total. The van der Waals surface area contributed by atoms with E-state index >= 15 is 0 Å². The van der Waals surface area contributed by atoms with Gasteiger partial charge in [-0.15, -0.1) is 5.10 Å². The number of nitrogens with zero attached hydrogens (tertiary/aromatic N) is 2. The first-order chi connectivity index (χ1) is 10.1. The maximum Gasteiger partial charge on any atom is 0.258 e. The van der Waals surface area contributed by atoms with Gasteiger partial charge in [-0.05, 0) is 36.8 Å². The molecule has 106 valence electrons. The van der Waals surface area contributed by atoms with Crippen LogP contribution in [0.15, 0.2) is 41.0 Å². The van der Waals surface area contributed by atoms with Crippen LogP contribution in [0.4, 0.5) is 10.3 Å². The number of H-pyrrole nitrogens is 1. The fraction of sp³-hybridized carbons (Fsp3) is 0.0714. The number of furan rings is 1. The van der Waals surface area contributed by atoms with E-state index in [0.29, 0.717) is 17.1 Å². The van der Waals surface area contributed by atoms with Gasteiger partial charge in [0.15, 0.2) is 11.6 Å². The highest BCUT2D eigenvalue weighted by molar-refractivity contribution is 6.03. The summed E-state index contributed by atoms with van der Waals surface area (Å²) in [4.78, 5) is 16.1. The van der Waals surface area contributed by atoms with E-state index in [0.717, 1.165) is 0 Å². The minimum Gasteiger partial charge on any atom is -0.461 e. The molecule has 0 radical (unpaired) electrons. The van der Waals surface area contributed by atoms with Gasteiger partial charge in [0.2, 0.25) is 5.95 Å². The summed E-state index contributed by atoms with van der Waals surface area (Å²) >= 11 is 0. The molecule has 0 aliphatic carbocycles. The lowest BCUT2D eigenvalue weighted by Crippen LogP contribution is -2.13. The number of amides is 1. The van der Waals surface area contributed by atoms with Crippen LogP contribution in [0.2, 0.25) is 0 Å². The zero-order valence-corrected chi connectivity index (χ0v) is 11.1. The molecule has 3 rings (SSSR count). The first-order valence-corrected chi connectivity index (χ1v) is 6.17. The van der Waals surface area contributed by atoms with Crippen LogP contribution in [0, 0.1) is 12.7 Å². The number of hydrogen-bond acceptors (Lipinski definition) is 4. The van der Waals surface area contributed by atoms with Crippen LogP contribution in [0.3, 0.4) is 0 Å². The van der Waals surface area contributed by atoms with E-state index in [-0.39, 0.29) is 11.5 Å². The van der Waals surface area contributed by atoms with Crippen LogP contribution >= 0.6 is 0 Å². The minimum absolute atomic E-state index is 0.0902. The number of halogens is 1. The van der Waals surface area contributed by atoms with E-state index < -0.39 is 11.7 Å². The molecule has 1 amide bonds. The van der Waals surface area contributed by atoms with Gasteiger partial charge in [-0.25, -0.2) is 4.39 Å². The summed E-state index contributed by atoms with van der Waals surface area (Å²) in [6.07, 6.45) is 1.51. The lowest BCUT2D eigenvalue weighted by Gasteiger charge is -2.02. The summed E-state index contributed by atoms with van der Waals surface area (Å²) < 4.78 is 18.6. The van der Waals surface area contributed by atoms with Crippen molar-refractivity contribution < 1.29 is 13.6 Å². The normalized spacial score (nSPS) is 10.6. The Hall–Kier alpha value is -2.96. The Morgan fingerprint density at radius 1 is 1.38 bits per heavy atom. The lowest BCUT2D eigenvalue weighted by molar-refractivity contribution is 0.102. The Morgan fingerprint density at radius 2 is 2.24 bits per heavy atom. The highest BCUT2D eigenvalue weighted by Gasteiger charge is 2.13. The molecule has 6 nitrogen and oxygen atoms in total.